The maximum Gasteiger partial charge on any atom is 0.307 e. The minimum Gasteiger partial charge on any atom is -0.462 e. The average molecular weight is 358 g/mol. The van der Waals surface area contributed by atoms with Crippen molar-refractivity contribution in [3.05, 3.63) is 23.5 Å². The molecule has 142 valence electrons. The van der Waals surface area contributed by atoms with E-state index in [0.717, 1.165) is 43.8 Å². The summed E-state index contributed by atoms with van der Waals surface area (Å²) in [6.45, 7) is 5.36. The van der Waals surface area contributed by atoms with Crippen LogP contribution in [0.2, 0.25) is 0 Å². The van der Waals surface area contributed by atoms with E-state index in [1.807, 2.05) is 0 Å². The normalized spacial score (nSPS) is 41.1. The van der Waals surface area contributed by atoms with Crippen LogP contribution in [0.5, 0.6) is 0 Å². The van der Waals surface area contributed by atoms with Gasteiger partial charge < -0.3 is 9.47 Å². The number of fused-ring (bicyclic) bond motifs is 5. The number of ether oxygens (including phenoxy) is 2. The standard InChI is InChI=1S/C22H30O4/c1-13(23)25-16-5-7-17-15(12-16)4-6-19-18(17)10-11-22(3)20(19)8-9-21(22)26-14(2)24/h4,12,17-21H,5-11H2,1-3H3/t17-,18+,19+,20-,21?,22-/m0/s1. The molecule has 0 spiro atoms. The van der Waals surface area contributed by atoms with Gasteiger partial charge in [-0.15, -0.1) is 0 Å². The van der Waals surface area contributed by atoms with Gasteiger partial charge in [0.1, 0.15) is 11.9 Å². The van der Waals surface area contributed by atoms with Crippen molar-refractivity contribution in [1.29, 1.82) is 0 Å². The molecule has 0 radical (unpaired) electrons. The summed E-state index contributed by atoms with van der Waals surface area (Å²) >= 11 is 0. The van der Waals surface area contributed by atoms with Gasteiger partial charge in [0.25, 0.3) is 0 Å². The van der Waals surface area contributed by atoms with E-state index >= 15 is 0 Å². The molecule has 0 N–H and O–H groups in total. The zero-order chi connectivity index (χ0) is 18.5. The quantitative estimate of drug-likeness (QED) is 0.680. The third-order valence-electron chi connectivity index (χ3n) is 7.59. The van der Waals surface area contributed by atoms with Gasteiger partial charge >= 0.3 is 11.9 Å². The molecule has 0 heterocycles. The van der Waals surface area contributed by atoms with Crippen molar-refractivity contribution >= 4 is 11.9 Å². The molecule has 0 amide bonds. The number of carbonyl (C=O) groups is 2. The highest BCUT2D eigenvalue weighted by atomic mass is 16.5. The van der Waals surface area contributed by atoms with Gasteiger partial charge in [-0.2, -0.15) is 0 Å². The summed E-state index contributed by atoms with van der Waals surface area (Å²) in [5, 5.41) is 0. The minimum atomic E-state index is -0.222. The van der Waals surface area contributed by atoms with E-state index in [4.69, 9.17) is 9.47 Å². The van der Waals surface area contributed by atoms with Crippen LogP contribution in [0.25, 0.3) is 0 Å². The van der Waals surface area contributed by atoms with Crippen molar-refractivity contribution in [1.82, 2.24) is 0 Å². The van der Waals surface area contributed by atoms with Crippen LogP contribution in [-0.4, -0.2) is 18.0 Å². The fourth-order valence-electron chi connectivity index (χ4n) is 6.54. The lowest BCUT2D eigenvalue weighted by molar-refractivity contribution is -0.155. The Kier molecular flexibility index (Phi) is 4.48. The van der Waals surface area contributed by atoms with Crippen molar-refractivity contribution in [2.45, 2.75) is 71.8 Å². The molecule has 4 rings (SSSR count). The highest BCUT2D eigenvalue weighted by Gasteiger charge is 2.56. The number of hydrogen-bond acceptors (Lipinski definition) is 4. The molecular weight excluding hydrogens is 328 g/mol. The summed E-state index contributed by atoms with van der Waals surface area (Å²) < 4.78 is 11.1. The second-order valence-electron chi connectivity index (χ2n) is 8.94. The largest absolute Gasteiger partial charge is 0.462 e. The maximum absolute atomic E-state index is 11.5. The third kappa shape index (κ3) is 2.91. The highest BCUT2D eigenvalue weighted by Crippen LogP contribution is 2.61. The SMILES string of the molecule is CC(=O)OC1=CC2=CC[C@@H]3[C@H](CC[C@]4(C)C(OC(C)=O)CC[C@@H]34)[C@H]2CC1. The van der Waals surface area contributed by atoms with Crippen LogP contribution in [0.15, 0.2) is 23.5 Å². The Morgan fingerprint density at radius 1 is 1.08 bits per heavy atom. The molecule has 0 aromatic carbocycles. The molecular formula is C22H30O4. The molecule has 6 atom stereocenters. The molecule has 0 saturated heterocycles. The van der Waals surface area contributed by atoms with Crippen LogP contribution in [0.4, 0.5) is 0 Å². The Bertz CT molecular complexity index is 676. The topological polar surface area (TPSA) is 52.6 Å². The van der Waals surface area contributed by atoms with E-state index in [1.165, 1.54) is 32.3 Å². The van der Waals surface area contributed by atoms with Gasteiger partial charge in [0, 0.05) is 25.7 Å². The second-order valence-corrected chi connectivity index (χ2v) is 8.94. The van der Waals surface area contributed by atoms with Gasteiger partial charge in [-0.25, -0.2) is 0 Å². The van der Waals surface area contributed by atoms with E-state index in [-0.39, 0.29) is 23.5 Å². The van der Waals surface area contributed by atoms with Crippen molar-refractivity contribution < 1.29 is 19.1 Å². The van der Waals surface area contributed by atoms with Gasteiger partial charge in [-0.3, -0.25) is 9.59 Å². The van der Waals surface area contributed by atoms with Crippen LogP contribution >= 0.6 is 0 Å². The summed E-state index contributed by atoms with van der Waals surface area (Å²) in [4.78, 5) is 22.8. The van der Waals surface area contributed by atoms with E-state index in [1.54, 1.807) is 0 Å². The molecule has 26 heavy (non-hydrogen) atoms. The molecule has 0 bridgehead atoms. The molecule has 1 unspecified atom stereocenters. The van der Waals surface area contributed by atoms with Gasteiger partial charge in [0.2, 0.25) is 0 Å². The molecule has 0 aromatic rings. The zero-order valence-electron chi connectivity index (χ0n) is 16.1. The molecule has 2 fully saturated rings. The molecule has 0 aliphatic heterocycles. The average Bonchev–Trinajstić information content (AvgIpc) is 2.90. The number of hydrogen-bond donors (Lipinski definition) is 0. The minimum absolute atomic E-state index is 0.0955. The van der Waals surface area contributed by atoms with Crippen molar-refractivity contribution in [3.8, 4) is 0 Å². The highest BCUT2D eigenvalue weighted by molar-refractivity contribution is 5.67. The van der Waals surface area contributed by atoms with Crippen molar-refractivity contribution in [3.63, 3.8) is 0 Å². The van der Waals surface area contributed by atoms with Crippen LogP contribution < -0.4 is 0 Å². The number of allylic oxidation sites excluding steroid dienone is 4. The van der Waals surface area contributed by atoms with Crippen molar-refractivity contribution in [2.75, 3.05) is 0 Å². The second kappa shape index (κ2) is 6.54. The Hall–Kier alpha value is -1.58. The summed E-state index contributed by atoms with van der Waals surface area (Å²) in [7, 11) is 0. The van der Waals surface area contributed by atoms with Gasteiger partial charge in [-0.05, 0) is 73.8 Å². The Morgan fingerprint density at radius 2 is 1.88 bits per heavy atom. The van der Waals surface area contributed by atoms with E-state index < -0.39 is 0 Å². The van der Waals surface area contributed by atoms with Crippen LogP contribution in [0, 0.1) is 29.1 Å². The van der Waals surface area contributed by atoms with E-state index in [0.29, 0.717) is 17.8 Å². The number of carbonyl (C=O) groups excluding carboxylic acids is 2. The molecule has 2 saturated carbocycles. The van der Waals surface area contributed by atoms with Crippen LogP contribution in [0.3, 0.4) is 0 Å². The lowest BCUT2D eigenvalue weighted by Crippen LogP contribution is -2.47. The van der Waals surface area contributed by atoms with E-state index in [2.05, 4.69) is 19.1 Å². The molecule has 0 aromatic heterocycles. The summed E-state index contributed by atoms with van der Waals surface area (Å²) in [6, 6.07) is 0. The van der Waals surface area contributed by atoms with Gasteiger partial charge in [0.05, 0.1) is 0 Å². The fraction of sp³-hybridized carbons (Fsp3) is 0.727. The summed E-state index contributed by atoms with van der Waals surface area (Å²) in [5.41, 5.74) is 1.53. The predicted molar refractivity (Wildman–Crippen MR) is 97.9 cm³/mol. The Labute approximate surface area is 156 Å². The van der Waals surface area contributed by atoms with Crippen LogP contribution in [0.1, 0.15) is 65.7 Å². The lowest BCUT2D eigenvalue weighted by Gasteiger charge is -2.52. The van der Waals surface area contributed by atoms with Gasteiger partial charge in [0.15, 0.2) is 0 Å². The smallest absolute Gasteiger partial charge is 0.307 e. The van der Waals surface area contributed by atoms with Crippen LogP contribution in [-0.2, 0) is 19.1 Å². The lowest BCUT2D eigenvalue weighted by atomic mass is 9.53. The predicted octanol–water partition coefficient (Wildman–Crippen LogP) is 4.55. The van der Waals surface area contributed by atoms with Gasteiger partial charge in [-0.1, -0.05) is 13.0 Å². The Balaban J connectivity index is 1.55. The molecule has 4 heteroatoms. The summed E-state index contributed by atoms with van der Waals surface area (Å²) in [5.74, 6) is 3.15. The molecule has 4 aliphatic carbocycles. The van der Waals surface area contributed by atoms with Crippen molar-refractivity contribution in [2.24, 2.45) is 29.1 Å². The first-order valence-electron chi connectivity index (χ1n) is 10.1. The fourth-order valence-corrected chi connectivity index (χ4v) is 6.54. The monoisotopic (exact) mass is 358 g/mol. The first-order chi connectivity index (χ1) is 12.4. The molecule has 4 nitrogen and oxygen atoms in total. The third-order valence-corrected chi connectivity index (χ3v) is 7.59. The first kappa shape index (κ1) is 17.8. The first-order valence-corrected chi connectivity index (χ1v) is 10.1. The van der Waals surface area contributed by atoms with E-state index in [9.17, 15) is 9.59 Å². The molecule has 4 aliphatic rings. The zero-order valence-corrected chi connectivity index (χ0v) is 16.1. The maximum atomic E-state index is 11.5. The Morgan fingerprint density at radius 3 is 2.62 bits per heavy atom. The summed E-state index contributed by atoms with van der Waals surface area (Å²) in [6.07, 6.45) is 12.2. The number of esters is 2. The number of rotatable bonds is 2.